The van der Waals surface area contributed by atoms with E-state index in [1.807, 2.05) is 71.5 Å². The van der Waals surface area contributed by atoms with Crippen LogP contribution in [-0.4, -0.2) is 19.3 Å². The molecule has 5 nitrogen and oxygen atoms in total. The van der Waals surface area contributed by atoms with Gasteiger partial charge in [0.15, 0.2) is 0 Å². The Morgan fingerprint density at radius 1 is 0.588 bits per heavy atom. The molecule has 0 N–H and O–H groups in total. The molecule has 246 valence electrons. The molecule has 3 aromatic heterocycles. The van der Waals surface area contributed by atoms with Crippen LogP contribution in [-0.2, 0) is 20.4 Å². The topological polar surface area (TPSA) is 44.9 Å². The van der Waals surface area contributed by atoms with Gasteiger partial charge in [-0.1, -0.05) is 115 Å². The first-order valence-corrected chi connectivity index (χ1v) is 16.6. The van der Waals surface area contributed by atoms with Crippen molar-refractivity contribution in [2.75, 3.05) is 0 Å². The van der Waals surface area contributed by atoms with Crippen LogP contribution in [0, 0.1) is 19.1 Å². The molecule has 9 aromatic rings. The minimum atomic E-state index is 0. The molecule has 0 saturated carbocycles. The van der Waals surface area contributed by atoms with Crippen molar-refractivity contribution in [3.8, 4) is 56.6 Å². The van der Waals surface area contributed by atoms with Crippen molar-refractivity contribution in [2.24, 2.45) is 0 Å². The van der Waals surface area contributed by atoms with Crippen molar-refractivity contribution < 1.29 is 25.2 Å². The van der Waals surface area contributed by atoms with Gasteiger partial charge in [-0.2, -0.15) is 17.2 Å². The van der Waals surface area contributed by atoms with Crippen molar-refractivity contribution in [3.63, 3.8) is 0 Å². The van der Waals surface area contributed by atoms with Gasteiger partial charge in [0.05, 0.1) is 5.69 Å². The second-order valence-electron chi connectivity index (χ2n) is 12.2. The Morgan fingerprint density at radius 2 is 1.25 bits per heavy atom. The molecule has 0 atom stereocenters. The molecule has 0 spiro atoms. The van der Waals surface area contributed by atoms with Gasteiger partial charge < -0.3 is 9.30 Å². The number of aryl methyl sites for hydroxylation is 1. The molecule has 0 aliphatic heterocycles. The first-order valence-electron chi connectivity index (χ1n) is 16.6. The summed E-state index contributed by atoms with van der Waals surface area (Å²) in [7, 11) is 0. The molecule has 0 aliphatic carbocycles. The van der Waals surface area contributed by atoms with Crippen LogP contribution in [0.25, 0.3) is 67.0 Å². The van der Waals surface area contributed by atoms with Crippen LogP contribution in [0.4, 0.5) is 0 Å². The van der Waals surface area contributed by atoms with Crippen LogP contribution in [0.5, 0.6) is 11.5 Å². The Morgan fingerprint density at radius 3 is 2.00 bits per heavy atom. The van der Waals surface area contributed by atoms with E-state index in [-0.39, 0.29) is 20.4 Å². The summed E-state index contributed by atoms with van der Waals surface area (Å²) in [6.07, 6.45) is 1.84. The number of ether oxygens (including phenoxy) is 1. The van der Waals surface area contributed by atoms with Crippen LogP contribution < -0.4 is 4.74 Å². The molecule has 0 aliphatic rings. The summed E-state index contributed by atoms with van der Waals surface area (Å²) in [5.41, 5.74) is 9.98. The van der Waals surface area contributed by atoms with Crippen LogP contribution in [0.1, 0.15) is 5.56 Å². The van der Waals surface area contributed by atoms with E-state index in [2.05, 4.69) is 121 Å². The van der Waals surface area contributed by atoms with Gasteiger partial charge >= 0.3 is 20.4 Å². The van der Waals surface area contributed by atoms with Crippen molar-refractivity contribution in [2.45, 2.75) is 6.92 Å². The maximum atomic E-state index is 6.53. The third-order valence-electron chi connectivity index (χ3n) is 8.93. The fourth-order valence-corrected chi connectivity index (χ4v) is 6.68. The predicted octanol–water partition coefficient (Wildman–Crippen LogP) is 11.1. The molecule has 0 saturated heterocycles. The maximum absolute atomic E-state index is 6.53. The van der Waals surface area contributed by atoms with Gasteiger partial charge in [-0.3, -0.25) is 4.68 Å². The smallest absolute Gasteiger partial charge is 0.509 e. The molecule has 3 heterocycles. The zero-order valence-electron chi connectivity index (χ0n) is 27.6. The summed E-state index contributed by atoms with van der Waals surface area (Å²) >= 11 is 0. The molecule has 6 heteroatoms. The number of rotatable bonds is 7. The summed E-state index contributed by atoms with van der Waals surface area (Å²) < 4.78 is 10.7. The predicted molar refractivity (Wildman–Crippen MR) is 201 cm³/mol. The Labute approximate surface area is 310 Å². The van der Waals surface area contributed by atoms with Crippen molar-refractivity contribution >= 4 is 21.8 Å². The standard InChI is InChI=1S/C45H30N4O.Pd/c1-31-26-27-46-42(28-31)48-40-23-12-11-22-38(40)39-25-24-37(30-41(39)48)50-36-21-13-20-35(29-36)49-45(34-18-9-4-10-19-34)43(32-14-5-2-6-15-32)44(47-49)33-16-7-3-8-17-33;/h2-28H,1H3;/q-2;+2. The number of fused-ring (bicyclic) bond motifs is 3. The van der Waals surface area contributed by atoms with Gasteiger partial charge in [-0.15, -0.1) is 35.7 Å². The van der Waals surface area contributed by atoms with Gasteiger partial charge in [0.2, 0.25) is 0 Å². The molecule has 0 unspecified atom stereocenters. The van der Waals surface area contributed by atoms with Crippen molar-refractivity contribution in [3.05, 3.63) is 182 Å². The number of nitrogens with zero attached hydrogens (tertiary/aromatic N) is 4. The van der Waals surface area contributed by atoms with Crippen LogP contribution >= 0.6 is 0 Å². The average molecular weight is 749 g/mol. The second kappa shape index (κ2) is 13.7. The Kier molecular flexibility index (Phi) is 8.63. The number of benzene rings is 6. The summed E-state index contributed by atoms with van der Waals surface area (Å²) in [4.78, 5) is 4.71. The average Bonchev–Trinajstić information content (AvgIpc) is 3.73. The van der Waals surface area contributed by atoms with Gasteiger partial charge in [0, 0.05) is 39.9 Å². The fraction of sp³-hybridized carbons (Fsp3) is 0.0222. The third kappa shape index (κ3) is 5.95. The second-order valence-corrected chi connectivity index (χ2v) is 12.2. The van der Waals surface area contributed by atoms with E-state index in [4.69, 9.17) is 14.8 Å². The number of hydrogen-bond acceptors (Lipinski definition) is 3. The van der Waals surface area contributed by atoms with Crippen LogP contribution in [0.15, 0.2) is 164 Å². The number of pyridine rings is 1. The van der Waals surface area contributed by atoms with E-state index < -0.39 is 0 Å². The minimum absolute atomic E-state index is 0. The van der Waals surface area contributed by atoms with E-state index >= 15 is 0 Å². The van der Waals surface area contributed by atoms with E-state index in [9.17, 15) is 0 Å². The summed E-state index contributed by atoms with van der Waals surface area (Å²) in [5, 5.41) is 7.50. The quantitative estimate of drug-likeness (QED) is 0.120. The van der Waals surface area contributed by atoms with Gasteiger partial charge in [-0.05, 0) is 47.3 Å². The van der Waals surface area contributed by atoms with Crippen LogP contribution in [0.2, 0.25) is 0 Å². The Balaban J connectivity index is 0.00000374. The number of hydrogen-bond donors (Lipinski definition) is 0. The number of para-hydroxylation sites is 1. The molecule has 51 heavy (non-hydrogen) atoms. The Bertz CT molecular complexity index is 2630. The summed E-state index contributed by atoms with van der Waals surface area (Å²) in [5.74, 6) is 1.99. The van der Waals surface area contributed by atoms with E-state index in [1.54, 1.807) is 0 Å². The zero-order valence-corrected chi connectivity index (χ0v) is 29.2. The van der Waals surface area contributed by atoms with Crippen molar-refractivity contribution in [1.29, 1.82) is 0 Å². The minimum Gasteiger partial charge on any atom is -0.509 e. The molecule has 6 aromatic carbocycles. The normalized spacial score (nSPS) is 11.1. The van der Waals surface area contributed by atoms with Crippen LogP contribution in [0.3, 0.4) is 0 Å². The SMILES string of the molecule is Cc1ccnc(-n2c3[c-]c(Oc4[c-]c(-n5nc(-c6ccccc6)c(-c6ccccc6)c5-c5ccccc5)ccc4)ccc3c3ccccc32)c1.[Pd+2]. The molecule has 0 amide bonds. The molecule has 9 rings (SSSR count). The zero-order chi connectivity index (χ0) is 33.4. The summed E-state index contributed by atoms with van der Waals surface area (Å²) in [6.45, 7) is 2.08. The molecular weight excluding hydrogens is 719 g/mol. The van der Waals surface area contributed by atoms with Gasteiger partial charge in [-0.25, -0.2) is 4.98 Å². The van der Waals surface area contributed by atoms with E-state index in [1.165, 1.54) is 0 Å². The van der Waals surface area contributed by atoms with Crippen molar-refractivity contribution in [1.82, 2.24) is 19.3 Å². The Hall–Kier alpha value is -6.06. The maximum Gasteiger partial charge on any atom is 2.00 e. The fourth-order valence-electron chi connectivity index (χ4n) is 6.68. The monoisotopic (exact) mass is 748 g/mol. The largest absolute Gasteiger partial charge is 2.00 e. The molecule has 0 radical (unpaired) electrons. The molecule has 0 fully saturated rings. The van der Waals surface area contributed by atoms with Gasteiger partial charge in [0.1, 0.15) is 11.5 Å². The first kappa shape index (κ1) is 32.2. The molecule has 0 bridgehead atoms. The first-order chi connectivity index (χ1) is 24.7. The molecular formula is C45H30N4OPd. The summed E-state index contributed by atoms with van der Waals surface area (Å²) in [6, 6.07) is 60.7. The van der Waals surface area contributed by atoms with E-state index in [0.29, 0.717) is 11.5 Å². The van der Waals surface area contributed by atoms with Gasteiger partial charge in [0.25, 0.3) is 0 Å². The third-order valence-corrected chi connectivity index (χ3v) is 8.93. The van der Waals surface area contributed by atoms with E-state index in [0.717, 1.165) is 72.5 Å². The number of aromatic nitrogens is 4.